The third-order valence-electron chi connectivity index (χ3n) is 1.77. The van der Waals surface area contributed by atoms with Crippen LogP contribution in [0, 0.1) is 0 Å². The summed E-state index contributed by atoms with van der Waals surface area (Å²) in [6, 6.07) is 5.80. The van der Waals surface area contributed by atoms with Crippen molar-refractivity contribution in [3.8, 4) is 0 Å². The molecular formula is C9H11NO3S. The third kappa shape index (κ3) is 2.32. The van der Waals surface area contributed by atoms with Crippen molar-refractivity contribution in [1.82, 2.24) is 5.32 Å². The lowest BCUT2D eigenvalue weighted by Gasteiger charge is -2.01. The molecule has 0 aromatic heterocycles. The highest BCUT2D eigenvalue weighted by Crippen LogP contribution is 2.09. The van der Waals surface area contributed by atoms with Crippen LogP contribution in [0.5, 0.6) is 0 Å². The molecule has 1 amide bonds. The lowest BCUT2D eigenvalue weighted by Crippen LogP contribution is -2.17. The van der Waals surface area contributed by atoms with Gasteiger partial charge < -0.3 is 5.32 Å². The molecular weight excluding hydrogens is 202 g/mol. The molecule has 0 unspecified atom stereocenters. The van der Waals surface area contributed by atoms with Crippen LogP contribution in [0.3, 0.4) is 0 Å². The fraction of sp³-hybridized carbons (Fsp3) is 0.222. The molecule has 1 aromatic carbocycles. The van der Waals surface area contributed by atoms with Gasteiger partial charge in [0.1, 0.15) is 0 Å². The topological polar surface area (TPSA) is 63.2 Å². The van der Waals surface area contributed by atoms with Crippen LogP contribution in [0.4, 0.5) is 0 Å². The predicted molar refractivity (Wildman–Crippen MR) is 52.9 cm³/mol. The average Bonchev–Trinajstić information content (AvgIpc) is 2.15. The van der Waals surface area contributed by atoms with Crippen molar-refractivity contribution in [1.29, 1.82) is 0 Å². The summed E-state index contributed by atoms with van der Waals surface area (Å²) in [6.07, 6.45) is 1.13. The van der Waals surface area contributed by atoms with Crippen LogP contribution < -0.4 is 5.32 Å². The predicted octanol–water partition coefficient (Wildman–Crippen LogP) is 0.450. The summed E-state index contributed by atoms with van der Waals surface area (Å²) in [6.45, 7) is 0. The molecule has 0 fully saturated rings. The van der Waals surface area contributed by atoms with E-state index < -0.39 is 9.84 Å². The fourth-order valence-electron chi connectivity index (χ4n) is 0.998. The summed E-state index contributed by atoms with van der Waals surface area (Å²) in [7, 11) is -1.66. The molecule has 4 nitrogen and oxygen atoms in total. The van der Waals surface area contributed by atoms with E-state index in [1.54, 1.807) is 0 Å². The molecule has 0 saturated heterocycles. The first kappa shape index (κ1) is 10.7. The number of rotatable bonds is 2. The van der Waals surface area contributed by atoms with E-state index >= 15 is 0 Å². The molecule has 1 rings (SSSR count). The zero-order chi connectivity index (χ0) is 10.8. The average molecular weight is 213 g/mol. The Hall–Kier alpha value is -1.36. The molecule has 0 aliphatic rings. The second-order valence-corrected chi connectivity index (χ2v) is 4.89. The molecule has 0 aliphatic carbocycles. The van der Waals surface area contributed by atoms with Gasteiger partial charge in [0.15, 0.2) is 9.84 Å². The van der Waals surface area contributed by atoms with Gasteiger partial charge in [-0.05, 0) is 24.3 Å². The zero-order valence-electron chi connectivity index (χ0n) is 7.94. The number of sulfone groups is 1. The van der Waals surface area contributed by atoms with Gasteiger partial charge in [0.05, 0.1) is 4.90 Å². The van der Waals surface area contributed by atoms with Crippen LogP contribution >= 0.6 is 0 Å². The number of hydrogen-bond acceptors (Lipinski definition) is 3. The molecule has 5 heteroatoms. The van der Waals surface area contributed by atoms with E-state index in [4.69, 9.17) is 0 Å². The summed E-state index contributed by atoms with van der Waals surface area (Å²) in [5.41, 5.74) is 0.444. The molecule has 0 heterocycles. The van der Waals surface area contributed by atoms with E-state index in [1.165, 1.54) is 31.3 Å². The van der Waals surface area contributed by atoms with E-state index in [1.807, 2.05) is 0 Å². The first-order valence-corrected chi connectivity index (χ1v) is 5.86. The van der Waals surface area contributed by atoms with Crippen LogP contribution in [0.2, 0.25) is 0 Å². The second-order valence-electron chi connectivity index (χ2n) is 2.88. The van der Waals surface area contributed by atoms with Gasteiger partial charge >= 0.3 is 0 Å². The largest absolute Gasteiger partial charge is 0.355 e. The summed E-state index contributed by atoms with van der Waals surface area (Å²) in [4.78, 5) is 11.3. The van der Waals surface area contributed by atoms with Crippen molar-refractivity contribution in [2.75, 3.05) is 13.3 Å². The SMILES string of the molecule is CNC(=O)c1ccc(S(C)(=O)=O)cc1. The minimum atomic E-state index is -3.18. The maximum atomic E-state index is 11.1. The van der Waals surface area contributed by atoms with Crippen molar-refractivity contribution < 1.29 is 13.2 Å². The lowest BCUT2D eigenvalue weighted by molar-refractivity contribution is 0.0963. The van der Waals surface area contributed by atoms with Crippen LogP contribution in [-0.2, 0) is 9.84 Å². The summed E-state index contributed by atoms with van der Waals surface area (Å²) in [5.74, 6) is -0.231. The van der Waals surface area contributed by atoms with Crippen molar-refractivity contribution in [3.63, 3.8) is 0 Å². The molecule has 0 radical (unpaired) electrons. The highest BCUT2D eigenvalue weighted by atomic mass is 32.2. The monoisotopic (exact) mass is 213 g/mol. The van der Waals surface area contributed by atoms with Crippen molar-refractivity contribution in [2.24, 2.45) is 0 Å². The first-order valence-electron chi connectivity index (χ1n) is 3.97. The maximum absolute atomic E-state index is 11.1. The first-order chi connectivity index (χ1) is 6.45. The molecule has 14 heavy (non-hydrogen) atoms. The van der Waals surface area contributed by atoms with E-state index in [9.17, 15) is 13.2 Å². The third-order valence-corrected chi connectivity index (χ3v) is 2.90. The Morgan fingerprint density at radius 2 is 1.71 bits per heavy atom. The number of benzene rings is 1. The second kappa shape index (κ2) is 3.79. The van der Waals surface area contributed by atoms with Crippen molar-refractivity contribution >= 4 is 15.7 Å². The number of amides is 1. The van der Waals surface area contributed by atoms with Gasteiger partial charge in [-0.3, -0.25) is 4.79 Å². The highest BCUT2D eigenvalue weighted by molar-refractivity contribution is 7.90. The van der Waals surface area contributed by atoms with E-state index in [0.717, 1.165) is 6.26 Å². The molecule has 0 aliphatic heterocycles. The smallest absolute Gasteiger partial charge is 0.251 e. The van der Waals surface area contributed by atoms with Crippen molar-refractivity contribution in [3.05, 3.63) is 29.8 Å². The number of hydrogen-bond donors (Lipinski definition) is 1. The molecule has 0 spiro atoms. The molecule has 0 saturated carbocycles. The van der Waals surface area contributed by atoms with Crippen LogP contribution in [0.1, 0.15) is 10.4 Å². The summed E-state index contributed by atoms with van der Waals surface area (Å²) < 4.78 is 22.2. The molecule has 0 atom stereocenters. The van der Waals surface area contributed by atoms with E-state index in [0.29, 0.717) is 5.56 Å². The van der Waals surface area contributed by atoms with Gasteiger partial charge in [-0.15, -0.1) is 0 Å². The van der Waals surface area contributed by atoms with Crippen LogP contribution in [0.25, 0.3) is 0 Å². The number of carbonyl (C=O) groups excluding carboxylic acids is 1. The minimum absolute atomic E-state index is 0.213. The van der Waals surface area contributed by atoms with Crippen LogP contribution in [-0.4, -0.2) is 27.6 Å². The Kier molecular flexibility index (Phi) is 2.90. The Bertz CT molecular complexity index is 434. The van der Waals surface area contributed by atoms with Crippen molar-refractivity contribution in [2.45, 2.75) is 4.90 Å². The summed E-state index contributed by atoms with van der Waals surface area (Å²) in [5, 5.41) is 2.45. The minimum Gasteiger partial charge on any atom is -0.355 e. The Balaban J connectivity index is 3.07. The quantitative estimate of drug-likeness (QED) is 0.775. The van der Waals surface area contributed by atoms with Gasteiger partial charge in [-0.25, -0.2) is 8.42 Å². The standard InChI is InChI=1S/C9H11NO3S/c1-10-9(11)7-3-5-8(6-4-7)14(2,12)13/h3-6H,1-2H3,(H,10,11). The lowest BCUT2D eigenvalue weighted by atomic mass is 10.2. The van der Waals surface area contributed by atoms with Gasteiger partial charge in [0.25, 0.3) is 5.91 Å². The Morgan fingerprint density at radius 3 is 2.07 bits per heavy atom. The normalized spacial score (nSPS) is 11.0. The van der Waals surface area contributed by atoms with Gasteiger partial charge in [0, 0.05) is 18.9 Å². The van der Waals surface area contributed by atoms with Gasteiger partial charge in [0.2, 0.25) is 0 Å². The maximum Gasteiger partial charge on any atom is 0.251 e. The number of carbonyl (C=O) groups is 1. The van der Waals surface area contributed by atoms with E-state index in [-0.39, 0.29) is 10.8 Å². The van der Waals surface area contributed by atoms with Gasteiger partial charge in [-0.1, -0.05) is 0 Å². The Labute approximate surface area is 82.9 Å². The molecule has 0 bridgehead atoms. The molecule has 1 N–H and O–H groups in total. The van der Waals surface area contributed by atoms with E-state index in [2.05, 4.69) is 5.32 Å². The van der Waals surface area contributed by atoms with Gasteiger partial charge in [-0.2, -0.15) is 0 Å². The number of nitrogens with one attached hydrogen (secondary N) is 1. The fourth-order valence-corrected chi connectivity index (χ4v) is 1.63. The molecule has 1 aromatic rings. The highest BCUT2D eigenvalue weighted by Gasteiger charge is 2.08. The zero-order valence-corrected chi connectivity index (χ0v) is 8.76. The van der Waals surface area contributed by atoms with Crippen LogP contribution in [0.15, 0.2) is 29.2 Å². The molecule has 76 valence electrons. The summed E-state index contributed by atoms with van der Waals surface area (Å²) >= 11 is 0. The Morgan fingerprint density at radius 1 is 1.21 bits per heavy atom.